The molecule has 0 amide bonds. The SMILES string of the molecule is Cc1ccn2c(NC(C)(C)C)c(-c3cccc(OS(=O)(=O)c4cc(Cl)ccc4Cl)c3)nc2c1. The lowest BCUT2D eigenvalue weighted by Gasteiger charge is -2.22. The van der Waals surface area contributed by atoms with E-state index in [9.17, 15) is 8.42 Å². The molecule has 0 aliphatic rings. The van der Waals surface area contributed by atoms with Gasteiger partial charge in [-0.2, -0.15) is 8.42 Å². The van der Waals surface area contributed by atoms with E-state index in [2.05, 4.69) is 26.1 Å². The number of anilines is 1. The van der Waals surface area contributed by atoms with E-state index >= 15 is 0 Å². The zero-order valence-electron chi connectivity index (χ0n) is 18.6. The molecule has 2 aromatic heterocycles. The first-order chi connectivity index (χ1) is 15.4. The summed E-state index contributed by atoms with van der Waals surface area (Å²) >= 11 is 12.0. The van der Waals surface area contributed by atoms with Gasteiger partial charge in [-0.05, 0) is 75.7 Å². The van der Waals surface area contributed by atoms with Gasteiger partial charge >= 0.3 is 10.1 Å². The molecule has 172 valence electrons. The Bertz CT molecular complexity index is 1460. The second kappa shape index (κ2) is 8.56. The number of hydrogen-bond donors (Lipinski definition) is 1. The van der Waals surface area contributed by atoms with E-state index in [4.69, 9.17) is 32.4 Å². The highest BCUT2D eigenvalue weighted by Crippen LogP contribution is 2.34. The van der Waals surface area contributed by atoms with Crippen LogP contribution in [0.4, 0.5) is 5.82 Å². The van der Waals surface area contributed by atoms with Gasteiger partial charge in [-0.15, -0.1) is 0 Å². The van der Waals surface area contributed by atoms with Crippen molar-refractivity contribution in [1.82, 2.24) is 9.38 Å². The van der Waals surface area contributed by atoms with Crippen LogP contribution in [-0.4, -0.2) is 23.3 Å². The topological polar surface area (TPSA) is 72.7 Å². The van der Waals surface area contributed by atoms with Gasteiger partial charge in [0.25, 0.3) is 0 Å². The Morgan fingerprint density at radius 1 is 1.03 bits per heavy atom. The first-order valence-electron chi connectivity index (χ1n) is 10.2. The number of nitrogens with zero attached hydrogens (tertiary/aromatic N) is 2. The maximum Gasteiger partial charge on any atom is 0.340 e. The molecule has 2 aromatic carbocycles. The van der Waals surface area contributed by atoms with Gasteiger partial charge in [-0.1, -0.05) is 35.3 Å². The molecule has 0 unspecified atom stereocenters. The number of imidazole rings is 1. The minimum Gasteiger partial charge on any atom is -0.379 e. The second-order valence-electron chi connectivity index (χ2n) is 8.76. The van der Waals surface area contributed by atoms with E-state index in [0.717, 1.165) is 17.0 Å². The summed E-state index contributed by atoms with van der Waals surface area (Å²) in [5.41, 5.74) is 3.02. The van der Waals surface area contributed by atoms with Gasteiger partial charge in [-0.3, -0.25) is 4.40 Å². The molecule has 1 N–H and O–H groups in total. The number of pyridine rings is 1. The number of fused-ring (bicyclic) bond motifs is 1. The summed E-state index contributed by atoms with van der Waals surface area (Å²) in [6.07, 6.45) is 1.96. The molecule has 0 atom stereocenters. The highest BCUT2D eigenvalue weighted by atomic mass is 35.5. The number of aryl methyl sites for hydroxylation is 1. The first kappa shape index (κ1) is 23.4. The van der Waals surface area contributed by atoms with Crippen molar-refractivity contribution in [3.05, 3.63) is 76.4 Å². The Balaban J connectivity index is 1.78. The van der Waals surface area contributed by atoms with E-state index in [0.29, 0.717) is 11.3 Å². The molecule has 4 rings (SSSR count). The van der Waals surface area contributed by atoms with Crippen molar-refractivity contribution in [2.24, 2.45) is 0 Å². The zero-order chi connectivity index (χ0) is 24.0. The molecule has 4 aromatic rings. The smallest absolute Gasteiger partial charge is 0.340 e. The molecule has 0 saturated heterocycles. The van der Waals surface area contributed by atoms with E-state index in [-0.39, 0.29) is 26.2 Å². The average Bonchev–Trinajstić information content (AvgIpc) is 3.05. The van der Waals surface area contributed by atoms with Crippen LogP contribution in [0.3, 0.4) is 0 Å². The summed E-state index contributed by atoms with van der Waals surface area (Å²) in [5.74, 6) is 0.939. The van der Waals surface area contributed by atoms with Gasteiger partial charge in [0.15, 0.2) is 0 Å². The Kier molecular flexibility index (Phi) is 6.07. The molecule has 2 heterocycles. The Labute approximate surface area is 203 Å². The molecule has 0 spiro atoms. The predicted molar refractivity (Wildman–Crippen MR) is 133 cm³/mol. The lowest BCUT2D eigenvalue weighted by atomic mass is 10.1. The molecule has 33 heavy (non-hydrogen) atoms. The van der Waals surface area contributed by atoms with Crippen LogP contribution in [-0.2, 0) is 10.1 Å². The fourth-order valence-corrected chi connectivity index (χ4v) is 5.02. The fraction of sp³-hybridized carbons (Fsp3) is 0.208. The minimum absolute atomic E-state index is 0.0305. The summed E-state index contributed by atoms with van der Waals surface area (Å²) in [5, 5.41) is 3.78. The van der Waals surface area contributed by atoms with Crippen LogP contribution in [0.25, 0.3) is 16.9 Å². The number of nitrogens with one attached hydrogen (secondary N) is 1. The number of rotatable bonds is 5. The van der Waals surface area contributed by atoms with Crippen LogP contribution < -0.4 is 9.50 Å². The van der Waals surface area contributed by atoms with Crippen LogP contribution in [0.2, 0.25) is 10.0 Å². The first-order valence-corrected chi connectivity index (χ1v) is 12.4. The van der Waals surface area contributed by atoms with Crippen molar-refractivity contribution < 1.29 is 12.6 Å². The van der Waals surface area contributed by atoms with E-state index in [1.54, 1.807) is 18.2 Å². The summed E-state index contributed by atoms with van der Waals surface area (Å²) in [6, 6.07) is 15.0. The summed E-state index contributed by atoms with van der Waals surface area (Å²) in [7, 11) is -4.19. The van der Waals surface area contributed by atoms with Crippen molar-refractivity contribution in [3.63, 3.8) is 0 Å². The van der Waals surface area contributed by atoms with E-state index in [1.807, 2.05) is 35.7 Å². The third-order valence-corrected chi connectivity index (χ3v) is 6.72. The molecule has 0 aliphatic carbocycles. The summed E-state index contributed by atoms with van der Waals surface area (Å²) < 4.78 is 33.1. The van der Waals surface area contributed by atoms with Gasteiger partial charge in [0, 0.05) is 22.3 Å². The summed E-state index contributed by atoms with van der Waals surface area (Å²) in [4.78, 5) is 4.61. The van der Waals surface area contributed by atoms with Crippen LogP contribution in [0.5, 0.6) is 5.75 Å². The average molecular weight is 504 g/mol. The number of benzene rings is 2. The normalized spacial score (nSPS) is 12.2. The highest BCUT2D eigenvalue weighted by molar-refractivity contribution is 7.87. The number of halogens is 2. The molecule has 9 heteroatoms. The van der Waals surface area contributed by atoms with Crippen LogP contribution >= 0.6 is 23.2 Å². The van der Waals surface area contributed by atoms with Crippen LogP contribution in [0.1, 0.15) is 26.3 Å². The molecule has 0 aliphatic heterocycles. The van der Waals surface area contributed by atoms with Crippen molar-refractivity contribution in [2.45, 2.75) is 38.1 Å². The molecule has 0 saturated carbocycles. The van der Waals surface area contributed by atoms with Crippen molar-refractivity contribution in [3.8, 4) is 17.0 Å². The lowest BCUT2D eigenvalue weighted by Crippen LogP contribution is -2.27. The van der Waals surface area contributed by atoms with Gasteiger partial charge in [0.05, 0.1) is 5.02 Å². The maximum atomic E-state index is 12.9. The van der Waals surface area contributed by atoms with Gasteiger partial charge < -0.3 is 9.50 Å². The minimum atomic E-state index is -4.19. The number of hydrogen-bond acceptors (Lipinski definition) is 5. The third kappa shape index (κ3) is 5.11. The molecule has 0 bridgehead atoms. The molecular weight excluding hydrogens is 481 g/mol. The maximum absolute atomic E-state index is 12.9. The molecule has 0 fully saturated rings. The quantitative estimate of drug-likeness (QED) is 0.310. The zero-order valence-corrected chi connectivity index (χ0v) is 20.9. The van der Waals surface area contributed by atoms with E-state index in [1.165, 1.54) is 18.2 Å². The van der Waals surface area contributed by atoms with Crippen molar-refractivity contribution in [1.29, 1.82) is 0 Å². The molecule has 6 nitrogen and oxygen atoms in total. The second-order valence-corrected chi connectivity index (χ2v) is 11.1. The van der Waals surface area contributed by atoms with Crippen LogP contribution in [0.15, 0.2) is 65.7 Å². The number of aromatic nitrogens is 2. The fourth-order valence-electron chi connectivity index (χ4n) is 3.36. The summed E-state index contributed by atoms with van der Waals surface area (Å²) in [6.45, 7) is 8.19. The lowest BCUT2D eigenvalue weighted by molar-refractivity contribution is 0.486. The molecular formula is C24H23Cl2N3O3S. The van der Waals surface area contributed by atoms with Gasteiger partial charge in [0.2, 0.25) is 0 Å². The highest BCUT2D eigenvalue weighted by Gasteiger charge is 2.23. The Morgan fingerprint density at radius 3 is 2.52 bits per heavy atom. The third-order valence-electron chi connectivity index (χ3n) is 4.75. The van der Waals surface area contributed by atoms with Crippen molar-refractivity contribution >= 4 is 44.8 Å². The van der Waals surface area contributed by atoms with Crippen LogP contribution in [0, 0.1) is 6.92 Å². The van der Waals surface area contributed by atoms with E-state index < -0.39 is 10.1 Å². The van der Waals surface area contributed by atoms with Gasteiger partial charge in [-0.25, -0.2) is 4.98 Å². The Morgan fingerprint density at radius 2 is 1.79 bits per heavy atom. The van der Waals surface area contributed by atoms with Crippen molar-refractivity contribution in [2.75, 3.05) is 5.32 Å². The van der Waals surface area contributed by atoms with Gasteiger partial charge in [0.1, 0.15) is 27.8 Å². The Hall–Kier alpha value is -2.74. The standard InChI is InChI=1S/C24H23Cl2N3O3S/c1-15-10-11-29-21(12-15)27-22(23(29)28-24(2,3)4)16-6-5-7-18(13-16)32-33(30,31)20-14-17(25)8-9-19(20)26/h5-14,28H,1-4H3. The largest absolute Gasteiger partial charge is 0.379 e. The monoisotopic (exact) mass is 503 g/mol. The predicted octanol–water partition coefficient (Wildman–Crippen LogP) is 6.59. The molecule has 0 radical (unpaired) electrons.